The minimum absolute atomic E-state index is 0.0191. The van der Waals surface area contributed by atoms with Crippen LogP contribution in [-0.4, -0.2) is 33.6 Å². The standard InChI is InChI=1S/C17H16N4OS/c1-21(10-12-5-4-8-23-12)11-16(22)13(9-18)17-19-14-6-2-3-7-15(14)20-17/h2-8,22H,10-11H2,1H3,(H,19,20)/b16-13-. The predicted molar refractivity (Wildman–Crippen MR) is 91.9 cm³/mol. The van der Waals surface area contributed by atoms with Crippen molar-refractivity contribution in [2.75, 3.05) is 13.6 Å². The summed E-state index contributed by atoms with van der Waals surface area (Å²) in [7, 11) is 1.91. The number of nitrogens with zero attached hydrogens (tertiary/aromatic N) is 3. The van der Waals surface area contributed by atoms with E-state index in [9.17, 15) is 10.4 Å². The summed E-state index contributed by atoms with van der Waals surface area (Å²) in [6, 6.07) is 13.6. The molecule has 0 aliphatic carbocycles. The molecular formula is C17H16N4OS. The lowest BCUT2D eigenvalue weighted by Gasteiger charge is -2.15. The summed E-state index contributed by atoms with van der Waals surface area (Å²) in [6.07, 6.45) is 0. The number of aromatic amines is 1. The Balaban J connectivity index is 1.82. The van der Waals surface area contributed by atoms with Gasteiger partial charge in [0.2, 0.25) is 0 Å². The van der Waals surface area contributed by atoms with Crippen molar-refractivity contribution in [2.24, 2.45) is 0 Å². The van der Waals surface area contributed by atoms with Crippen molar-refractivity contribution in [1.82, 2.24) is 14.9 Å². The maximum atomic E-state index is 10.3. The average molecular weight is 324 g/mol. The van der Waals surface area contributed by atoms with Crippen molar-refractivity contribution < 1.29 is 5.11 Å². The first-order chi connectivity index (χ1) is 11.2. The second kappa shape index (κ2) is 6.65. The number of fused-ring (bicyclic) bond motifs is 1. The second-order valence-corrected chi connectivity index (χ2v) is 6.32. The molecule has 0 spiro atoms. The van der Waals surface area contributed by atoms with Crippen LogP contribution < -0.4 is 0 Å². The van der Waals surface area contributed by atoms with Crippen LogP contribution in [0.15, 0.2) is 47.5 Å². The number of likely N-dealkylation sites (N-methyl/N-ethyl adjacent to an activating group) is 1. The monoisotopic (exact) mass is 324 g/mol. The Labute approximate surface area is 138 Å². The number of nitriles is 1. The number of aromatic nitrogens is 2. The summed E-state index contributed by atoms with van der Waals surface area (Å²) < 4.78 is 0. The number of hydrogen-bond acceptors (Lipinski definition) is 5. The van der Waals surface area contributed by atoms with Crippen LogP contribution in [0.5, 0.6) is 0 Å². The van der Waals surface area contributed by atoms with Gasteiger partial charge in [0.1, 0.15) is 17.4 Å². The smallest absolute Gasteiger partial charge is 0.152 e. The van der Waals surface area contributed by atoms with E-state index in [0.717, 1.165) is 17.6 Å². The average Bonchev–Trinajstić information content (AvgIpc) is 3.16. The van der Waals surface area contributed by atoms with E-state index in [-0.39, 0.29) is 17.9 Å². The quantitative estimate of drug-likeness (QED) is 0.556. The number of thiophene rings is 1. The number of allylic oxidation sites excluding steroid dienone is 1. The van der Waals surface area contributed by atoms with Crippen LogP contribution in [0.3, 0.4) is 0 Å². The number of imidazole rings is 1. The zero-order chi connectivity index (χ0) is 16.2. The van der Waals surface area contributed by atoms with Gasteiger partial charge in [0.05, 0.1) is 17.6 Å². The number of benzene rings is 1. The summed E-state index contributed by atoms with van der Waals surface area (Å²) in [4.78, 5) is 10.6. The van der Waals surface area contributed by atoms with E-state index in [1.54, 1.807) is 11.3 Å². The zero-order valence-corrected chi connectivity index (χ0v) is 13.5. The van der Waals surface area contributed by atoms with Crippen molar-refractivity contribution in [3.63, 3.8) is 0 Å². The molecule has 1 aromatic carbocycles. The van der Waals surface area contributed by atoms with Gasteiger partial charge in [-0.25, -0.2) is 4.98 Å². The topological polar surface area (TPSA) is 75.9 Å². The first kappa shape index (κ1) is 15.3. The van der Waals surface area contributed by atoms with E-state index in [1.165, 1.54) is 4.88 Å². The predicted octanol–water partition coefficient (Wildman–Crippen LogP) is 3.55. The molecule has 116 valence electrons. The van der Waals surface area contributed by atoms with Gasteiger partial charge in [-0.3, -0.25) is 4.90 Å². The van der Waals surface area contributed by atoms with Gasteiger partial charge < -0.3 is 10.1 Å². The molecule has 0 saturated heterocycles. The van der Waals surface area contributed by atoms with Crippen LogP contribution >= 0.6 is 11.3 Å². The normalized spacial score (nSPS) is 12.4. The molecule has 0 amide bonds. The first-order valence-electron chi connectivity index (χ1n) is 7.15. The fourth-order valence-corrected chi connectivity index (χ4v) is 3.17. The van der Waals surface area contributed by atoms with Gasteiger partial charge >= 0.3 is 0 Å². The molecule has 0 aliphatic heterocycles. The summed E-state index contributed by atoms with van der Waals surface area (Å²) in [5, 5.41) is 21.8. The van der Waals surface area contributed by atoms with Crippen LogP contribution in [0.4, 0.5) is 0 Å². The number of H-pyrrole nitrogens is 1. The lowest BCUT2D eigenvalue weighted by Crippen LogP contribution is -2.20. The summed E-state index contributed by atoms with van der Waals surface area (Å²) in [6.45, 7) is 1.01. The van der Waals surface area contributed by atoms with Gasteiger partial charge in [-0.05, 0) is 30.6 Å². The minimum atomic E-state index is 0.0191. The third-order valence-corrected chi connectivity index (χ3v) is 4.31. The zero-order valence-electron chi connectivity index (χ0n) is 12.7. The Bertz CT molecular complexity index is 841. The van der Waals surface area contributed by atoms with Crippen LogP contribution in [-0.2, 0) is 6.54 Å². The van der Waals surface area contributed by atoms with Gasteiger partial charge in [0.25, 0.3) is 0 Å². The molecule has 5 nitrogen and oxygen atoms in total. The Hall–Kier alpha value is -2.62. The molecule has 0 atom stereocenters. The summed E-state index contributed by atoms with van der Waals surface area (Å²) >= 11 is 1.67. The fraction of sp³-hybridized carbons (Fsp3) is 0.176. The van der Waals surface area contributed by atoms with Crippen LogP contribution in [0, 0.1) is 11.3 Å². The maximum absolute atomic E-state index is 10.3. The lowest BCUT2D eigenvalue weighted by atomic mass is 10.2. The number of aliphatic hydroxyl groups excluding tert-OH is 1. The van der Waals surface area contributed by atoms with Crippen molar-refractivity contribution in [1.29, 1.82) is 5.26 Å². The Kier molecular flexibility index (Phi) is 4.42. The van der Waals surface area contributed by atoms with Crippen LogP contribution in [0.2, 0.25) is 0 Å². The van der Waals surface area contributed by atoms with E-state index in [1.807, 2.05) is 53.7 Å². The van der Waals surface area contributed by atoms with Crippen LogP contribution in [0.25, 0.3) is 16.6 Å². The Morgan fingerprint density at radius 3 is 2.87 bits per heavy atom. The van der Waals surface area contributed by atoms with Crippen molar-refractivity contribution in [3.05, 3.63) is 58.2 Å². The highest BCUT2D eigenvalue weighted by Gasteiger charge is 2.14. The largest absolute Gasteiger partial charge is 0.509 e. The SMILES string of the molecule is CN(C/C(O)=C(\C#N)c1nc2ccccc2[nH]1)Cc1cccs1. The highest BCUT2D eigenvalue weighted by atomic mass is 32.1. The molecule has 2 N–H and O–H groups in total. The molecule has 3 aromatic rings. The van der Waals surface area contributed by atoms with Crippen molar-refractivity contribution in [3.8, 4) is 6.07 Å². The molecule has 0 unspecified atom stereocenters. The van der Waals surface area contributed by atoms with Crippen molar-refractivity contribution >= 4 is 27.9 Å². The number of hydrogen-bond donors (Lipinski definition) is 2. The van der Waals surface area contributed by atoms with E-state index in [2.05, 4.69) is 16.0 Å². The highest BCUT2D eigenvalue weighted by molar-refractivity contribution is 7.09. The number of para-hydroxylation sites is 2. The number of rotatable bonds is 5. The maximum Gasteiger partial charge on any atom is 0.152 e. The molecule has 2 aromatic heterocycles. The highest BCUT2D eigenvalue weighted by Crippen LogP contribution is 2.19. The minimum Gasteiger partial charge on any atom is -0.509 e. The molecular weight excluding hydrogens is 308 g/mol. The molecule has 6 heteroatoms. The molecule has 0 aliphatic rings. The number of nitrogens with one attached hydrogen (secondary N) is 1. The molecule has 3 rings (SSSR count). The van der Waals surface area contributed by atoms with Gasteiger partial charge in [0.15, 0.2) is 5.82 Å². The fourth-order valence-electron chi connectivity index (χ4n) is 2.38. The van der Waals surface area contributed by atoms with E-state index in [4.69, 9.17) is 0 Å². The molecule has 23 heavy (non-hydrogen) atoms. The van der Waals surface area contributed by atoms with E-state index < -0.39 is 0 Å². The second-order valence-electron chi connectivity index (χ2n) is 5.29. The Morgan fingerprint density at radius 2 is 2.17 bits per heavy atom. The third-order valence-electron chi connectivity index (χ3n) is 3.45. The Morgan fingerprint density at radius 1 is 1.35 bits per heavy atom. The molecule has 2 heterocycles. The molecule has 0 fully saturated rings. The van der Waals surface area contributed by atoms with Gasteiger partial charge in [-0.1, -0.05) is 18.2 Å². The molecule has 0 bridgehead atoms. The summed E-state index contributed by atoms with van der Waals surface area (Å²) in [5.41, 5.74) is 1.80. The molecule has 0 saturated carbocycles. The number of aliphatic hydroxyl groups is 1. The van der Waals surface area contributed by atoms with Crippen molar-refractivity contribution in [2.45, 2.75) is 6.54 Å². The molecule has 0 radical (unpaired) electrons. The third kappa shape index (κ3) is 3.42. The lowest BCUT2D eigenvalue weighted by molar-refractivity contribution is 0.287. The van der Waals surface area contributed by atoms with Crippen LogP contribution in [0.1, 0.15) is 10.7 Å². The van der Waals surface area contributed by atoms with Gasteiger partial charge in [-0.15, -0.1) is 11.3 Å². The van der Waals surface area contributed by atoms with Gasteiger partial charge in [-0.2, -0.15) is 5.26 Å². The van der Waals surface area contributed by atoms with E-state index in [0.29, 0.717) is 5.82 Å². The summed E-state index contributed by atoms with van der Waals surface area (Å²) in [5.74, 6) is 0.418. The van der Waals surface area contributed by atoms with E-state index >= 15 is 0 Å². The van der Waals surface area contributed by atoms with Gasteiger partial charge in [0, 0.05) is 11.4 Å². The first-order valence-corrected chi connectivity index (χ1v) is 8.03.